The maximum atomic E-state index is 13.7. The molecule has 0 atom stereocenters. The van der Waals surface area contributed by atoms with Gasteiger partial charge in [0.2, 0.25) is 0 Å². The van der Waals surface area contributed by atoms with E-state index in [2.05, 4.69) is 0 Å². The van der Waals surface area contributed by atoms with Gasteiger partial charge in [0.15, 0.2) is 5.60 Å². The van der Waals surface area contributed by atoms with Crippen molar-refractivity contribution in [1.82, 2.24) is 4.90 Å². The summed E-state index contributed by atoms with van der Waals surface area (Å²) in [5.74, 6) is -0.619. The van der Waals surface area contributed by atoms with Gasteiger partial charge in [-0.1, -0.05) is 43.5 Å². The Bertz CT molecular complexity index is 777. The van der Waals surface area contributed by atoms with Crippen LogP contribution in [0.2, 0.25) is 0 Å². The predicted octanol–water partition coefficient (Wildman–Crippen LogP) is 6.02. The van der Waals surface area contributed by atoms with Crippen LogP contribution in [0.4, 0.5) is 13.6 Å². The maximum Gasteiger partial charge on any atom is 0.411 e. The minimum Gasteiger partial charge on any atom is -0.433 e. The predicted molar refractivity (Wildman–Crippen MR) is 107 cm³/mol. The summed E-state index contributed by atoms with van der Waals surface area (Å²) in [6, 6.07) is 12.4. The van der Waals surface area contributed by atoms with E-state index in [0.29, 0.717) is 13.1 Å². The number of likely N-dealkylation sites (tertiary alicyclic amines) is 1. The van der Waals surface area contributed by atoms with Gasteiger partial charge in [0.25, 0.3) is 0 Å². The number of hydrogen-bond acceptors (Lipinski definition) is 2. The molecular formula is C24H27F2NO2. The number of carbonyl (C=O) groups is 1. The van der Waals surface area contributed by atoms with E-state index >= 15 is 0 Å². The van der Waals surface area contributed by atoms with E-state index in [0.717, 1.165) is 56.1 Å². The van der Waals surface area contributed by atoms with E-state index in [1.165, 1.54) is 24.3 Å². The summed E-state index contributed by atoms with van der Waals surface area (Å²) in [5, 5.41) is 0. The smallest absolute Gasteiger partial charge is 0.411 e. The Kier molecular flexibility index (Phi) is 5.84. The molecule has 1 aliphatic carbocycles. The van der Waals surface area contributed by atoms with Gasteiger partial charge in [-0.15, -0.1) is 0 Å². The van der Waals surface area contributed by atoms with Crippen LogP contribution in [0.25, 0.3) is 0 Å². The molecule has 2 aromatic carbocycles. The number of benzene rings is 2. The minimum absolute atomic E-state index is 0.0544. The van der Waals surface area contributed by atoms with Crippen LogP contribution in [0.15, 0.2) is 48.5 Å². The van der Waals surface area contributed by atoms with Crippen molar-refractivity contribution in [2.24, 2.45) is 5.92 Å². The highest BCUT2D eigenvalue weighted by atomic mass is 19.1. The van der Waals surface area contributed by atoms with Crippen molar-refractivity contribution >= 4 is 6.09 Å². The third kappa shape index (κ3) is 4.00. The number of rotatable bonds is 4. The second-order valence-electron chi connectivity index (χ2n) is 8.15. The lowest BCUT2D eigenvalue weighted by molar-refractivity contribution is -0.0342. The molecular weight excluding hydrogens is 372 g/mol. The summed E-state index contributed by atoms with van der Waals surface area (Å²) in [7, 11) is 0. The number of carbonyl (C=O) groups excluding carboxylic acids is 1. The lowest BCUT2D eigenvalue weighted by Crippen LogP contribution is -2.45. The molecule has 0 aromatic heterocycles. The van der Waals surface area contributed by atoms with Crippen molar-refractivity contribution in [3.05, 3.63) is 71.3 Å². The van der Waals surface area contributed by atoms with Gasteiger partial charge < -0.3 is 9.64 Å². The van der Waals surface area contributed by atoms with E-state index in [-0.39, 0.29) is 23.6 Å². The Balaban J connectivity index is 1.84. The van der Waals surface area contributed by atoms with Crippen molar-refractivity contribution in [3.63, 3.8) is 0 Å². The van der Waals surface area contributed by atoms with Crippen molar-refractivity contribution in [3.8, 4) is 0 Å². The average molecular weight is 399 g/mol. The second kappa shape index (κ2) is 8.52. The second-order valence-corrected chi connectivity index (χ2v) is 8.15. The van der Waals surface area contributed by atoms with Crippen LogP contribution in [-0.2, 0) is 10.3 Å². The Hall–Kier alpha value is -2.43. The summed E-state index contributed by atoms with van der Waals surface area (Å²) >= 11 is 0. The molecule has 1 saturated heterocycles. The quantitative estimate of drug-likeness (QED) is 0.629. The van der Waals surface area contributed by atoms with E-state index in [1.807, 2.05) is 0 Å². The van der Waals surface area contributed by atoms with Gasteiger partial charge >= 0.3 is 6.09 Å². The summed E-state index contributed by atoms with van der Waals surface area (Å²) < 4.78 is 33.8. The molecule has 1 amide bonds. The first-order valence-corrected chi connectivity index (χ1v) is 10.6. The van der Waals surface area contributed by atoms with Gasteiger partial charge in [0.05, 0.1) is 0 Å². The molecule has 29 heavy (non-hydrogen) atoms. The Morgan fingerprint density at radius 3 is 1.76 bits per heavy atom. The summed E-state index contributed by atoms with van der Waals surface area (Å²) in [6.45, 7) is 1.37. The summed E-state index contributed by atoms with van der Waals surface area (Å²) in [6.07, 6.45) is 6.66. The Morgan fingerprint density at radius 1 is 0.793 bits per heavy atom. The van der Waals surface area contributed by atoms with E-state index < -0.39 is 5.60 Å². The molecule has 0 N–H and O–H groups in total. The molecule has 1 aliphatic heterocycles. The average Bonchev–Trinajstić information content (AvgIpc) is 3.29. The van der Waals surface area contributed by atoms with Gasteiger partial charge in [-0.05, 0) is 49.9 Å². The monoisotopic (exact) mass is 399 g/mol. The Labute approximate surface area is 170 Å². The molecule has 0 bridgehead atoms. The molecule has 5 heteroatoms. The van der Waals surface area contributed by atoms with Crippen LogP contribution in [-0.4, -0.2) is 24.1 Å². The van der Waals surface area contributed by atoms with E-state index in [4.69, 9.17) is 4.74 Å². The van der Waals surface area contributed by atoms with Gasteiger partial charge in [-0.25, -0.2) is 13.6 Å². The van der Waals surface area contributed by atoms with Crippen LogP contribution in [0.5, 0.6) is 0 Å². The molecule has 2 aliphatic rings. The van der Waals surface area contributed by atoms with Gasteiger partial charge in [0.1, 0.15) is 11.6 Å². The molecule has 4 rings (SSSR count). The van der Waals surface area contributed by atoms with Crippen LogP contribution in [0.3, 0.4) is 0 Å². The lowest BCUT2D eigenvalue weighted by atomic mass is 9.69. The van der Waals surface area contributed by atoms with Crippen LogP contribution >= 0.6 is 0 Å². The number of nitrogens with zero attached hydrogens (tertiary/aromatic N) is 1. The van der Waals surface area contributed by atoms with Crippen molar-refractivity contribution in [2.75, 3.05) is 13.1 Å². The number of hydrogen-bond donors (Lipinski definition) is 0. The highest BCUT2D eigenvalue weighted by Crippen LogP contribution is 2.47. The normalized spacial score (nSPS) is 18.1. The molecule has 2 fully saturated rings. The first-order valence-electron chi connectivity index (χ1n) is 10.6. The first-order chi connectivity index (χ1) is 14.1. The molecule has 3 nitrogen and oxygen atoms in total. The SMILES string of the molecule is O=C(OC(c1ccc(F)cc1)(c1ccc(F)cc1)C1CCCCC1)N1CCCC1. The van der Waals surface area contributed by atoms with Crippen LogP contribution in [0.1, 0.15) is 56.1 Å². The first kappa shape index (κ1) is 19.9. The maximum absolute atomic E-state index is 13.7. The van der Waals surface area contributed by atoms with E-state index in [1.54, 1.807) is 29.2 Å². The highest BCUT2D eigenvalue weighted by Gasteiger charge is 2.47. The van der Waals surface area contributed by atoms with Gasteiger partial charge in [-0.3, -0.25) is 0 Å². The molecule has 1 heterocycles. The standard InChI is InChI=1S/C24H27F2NO2/c25-21-12-8-19(9-13-21)24(18-6-2-1-3-7-18,20-10-14-22(26)15-11-20)29-23(28)27-16-4-5-17-27/h8-15,18H,1-7,16-17H2. The van der Waals surface area contributed by atoms with Gasteiger partial charge in [0, 0.05) is 30.1 Å². The zero-order chi connectivity index (χ0) is 20.3. The molecule has 0 spiro atoms. The zero-order valence-corrected chi connectivity index (χ0v) is 16.6. The van der Waals surface area contributed by atoms with Gasteiger partial charge in [-0.2, -0.15) is 0 Å². The topological polar surface area (TPSA) is 29.5 Å². The molecule has 0 radical (unpaired) electrons. The molecule has 0 unspecified atom stereocenters. The third-order valence-corrected chi connectivity index (χ3v) is 6.34. The van der Waals surface area contributed by atoms with Crippen molar-refractivity contribution in [1.29, 1.82) is 0 Å². The third-order valence-electron chi connectivity index (χ3n) is 6.34. The molecule has 2 aromatic rings. The van der Waals surface area contributed by atoms with E-state index in [9.17, 15) is 13.6 Å². The number of ether oxygens (including phenoxy) is 1. The largest absolute Gasteiger partial charge is 0.433 e. The lowest BCUT2D eigenvalue weighted by Gasteiger charge is -2.43. The number of halogens is 2. The molecule has 154 valence electrons. The summed E-state index contributed by atoms with van der Waals surface area (Å²) in [4.78, 5) is 14.9. The van der Waals surface area contributed by atoms with Crippen LogP contribution < -0.4 is 0 Å². The molecule has 1 saturated carbocycles. The Morgan fingerprint density at radius 2 is 1.28 bits per heavy atom. The van der Waals surface area contributed by atoms with Crippen molar-refractivity contribution in [2.45, 2.75) is 50.5 Å². The van der Waals surface area contributed by atoms with Crippen molar-refractivity contribution < 1.29 is 18.3 Å². The zero-order valence-electron chi connectivity index (χ0n) is 16.6. The fourth-order valence-electron chi connectivity index (χ4n) is 4.85. The minimum atomic E-state index is -1.05. The number of amides is 1. The highest BCUT2D eigenvalue weighted by molar-refractivity contribution is 5.69. The fraction of sp³-hybridized carbons (Fsp3) is 0.458. The fourth-order valence-corrected chi connectivity index (χ4v) is 4.85. The summed E-state index contributed by atoms with van der Waals surface area (Å²) in [5.41, 5.74) is 0.427. The van der Waals surface area contributed by atoms with Crippen LogP contribution in [0, 0.1) is 17.6 Å².